The summed E-state index contributed by atoms with van der Waals surface area (Å²) in [6, 6.07) is 18.1. The van der Waals surface area contributed by atoms with Crippen LogP contribution in [0.4, 0.5) is 13.2 Å². The Labute approximate surface area is 187 Å². The molecule has 1 aliphatic heterocycles. The highest BCUT2D eigenvalue weighted by Gasteiger charge is 2.34. The Kier molecular flexibility index (Phi) is 5.38. The fourth-order valence-electron chi connectivity index (χ4n) is 4.12. The van der Waals surface area contributed by atoms with Crippen LogP contribution < -0.4 is 5.56 Å². The van der Waals surface area contributed by atoms with Gasteiger partial charge in [0.15, 0.2) is 0 Å². The summed E-state index contributed by atoms with van der Waals surface area (Å²) in [5.41, 5.74) is 1.33. The van der Waals surface area contributed by atoms with Crippen LogP contribution in [-0.2, 0) is 25.7 Å². The van der Waals surface area contributed by atoms with Gasteiger partial charge in [-0.1, -0.05) is 48.5 Å². The maximum atomic E-state index is 13.3. The average molecular weight is 451 g/mol. The molecule has 8 heteroatoms. The topological polar surface area (TPSA) is 62.1 Å². The van der Waals surface area contributed by atoms with Gasteiger partial charge in [-0.3, -0.25) is 9.69 Å². The van der Waals surface area contributed by atoms with Gasteiger partial charge in [0.25, 0.3) is 5.56 Å². The van der Waals surface area contributed by atoms with Gasteiger partial charge in [-0.05, 0) is 18.2 Å². The van der Waals surface area contributed by atoms with Crippen molar-refractivity contribution in [1.29, 1.82) is 0 Å². The van der Waals surface area contributed by atoms with Crippen molar-refractivity contribution in [3.63, 3.8) is 0 Å². The van der Waals surface area contributed by atoms with E-state index >= 15 is 0 Å². The van der Waals surface area contributed by atoms with E-state index in [1.165, 1.54) is 12.1 Å². The number of furan rings is 1. The zero-order chi connectivity index (χ0) is 23.0. The lowest BCUT2D eigenvalue weighted by molar-refractivity contribution is -0.137. The maximum absolute atomic E-state index is 13.3. The summed E-state index contributed by atoms with van der Waals surface area (Å²) in [6.45, 7) is 1.43. The lowest BCUT2D eigenvalue weighted by Crippen LogP contribution is -2.35. The zero-order valence-electron chi connectivity index (χ0n) is 17.5. The van der Waals surface area contributed by atoms with Crippen LogP contribution in [0.1, 0.15) is 22.6 Å². The Hall–Kier alpha value is -3.65. The van der Waals surface area contributed by atoms with E-state index in [0.29, 0.717) is 43.2 Å². The third kappa shape index (κ3) is 4.34. The number of alkyl halides is 3. The second-order valence-corrected chi connectivity index (χ2v) is 7.98. The summed E-state index contributed by atoms with van der Waals surface area (Å²) in [5.74, 6) is 1.25. The first-order valence-electron chi connectivity index (χ1n) is 10.5. The van der Waals surface area contributed by atoms with Crippen molar-refractivity contribution in [1.82, 2.24) is 14.9 Å². The molecule has 5 rings (SSSR count). The molecule has 3 heterocycles. The SMILES string of the molecule is O=c1[nH]c(-c2ccccc2)nc2c1CN(Cc1ccc(-c3ccccc3C(F)(F)F)o1)CC2. The summed E-state index contributed by atoms with van der Waals surface area (Å²) in [4.78, 5) is 22.3. The van der Waals surface area contributed by atoms with Gasteiger partial charge in [-0.15, -0.1) is 0 Å². The number of benzene rings is 2. The molecular formula is C25H20F3N3O2. The average Bonchev–Trinajstić information content (AvgIpc) is 3.28. The van der Waals surface area contributed by atoms with Crippen LogP contribution in [0.25, 0.3) is 22.7 Å². The number of aromatic amines is 1. The van der Waals surface area contributed by atoms with Gasteiger partial charge in [-0.2, -0.15) is 13.2 Å². The van der Waals surface area contributed by atoms with Crippen LogP contribution in [0.15, 0.2) is 75.9 Å². The Balaban J connectivity index is 1.35. The maximum Gasteiger partial charge on any atom is 0.417 e. The number of nitrogens with one attached hydrogen (secondary N) is 1. The quantitative estimate of drug-likeness (QED) is 0.459. The minimum atomic E-state index is -4.47. The molecule has 0 atom stereocenters. The van der Waals surface area contributed by atoms with Gasteiger partial charge in [0.05, 0.1) is 23.4 Å². The van der Waals surface area contributed by atoms with Crippen molar-refractivity contribution in [3.05, 3.63) is 99.7 Å². The summed E-state index contributed by atoms with van der Waals surface area (Å²) < 4.78 is 45.8. The first-order chi connectivity index (χ1) is 15.9. The van der Waals surface area contributed by atoms with E-state index in [2.05, 4.69) is 9.97 Å². The number of rotatable bonds is 4. The Bertz CT molecular complexity index is 1340. The van der Waals surface area contributed by atoms with E-state index < -0.39 is 11.7 Å². The van der Waals surface area contributed by atoms with E-state index in [1.807, 2.05) is 35.2 Å². The zero-order valence-corrected chi connectivity index (χ0v) is 17.5. The first-order valence-corrected chi connectivity index (χ1v) is 10.5. The molecule has 0 saturated heterocycles. The number of fused-ring (bicyclic) bond motifs is 1. The first kappa shape index (κ1) is 21.2. The fraction of sp³-hybridized carbons (Fsp3) is 0.200. The standard InChI is InChI=1S/C25H20F3N3O2/c26-25(27,28)20-9-5-4-8-18(20)22-11-10-17(33-22)14-31-13-12-21-19(15-31)24(32)30-23(29-21)16-6-2-1-3-7-16/h1-11H,12-15H2,(H,29,30,32). The molecular weight excluding hydrogens is 431 g/mol. The summed E-state index contributed by atoms with van der Waals surface area (Å²) >= 11 is 0. The van der Waals surface area contributed by atoms with E-state index in [0.717, 1.165) is 17.3 Å². The molecule has 0 aliphatic carbocycles. The van der Waals surface area contributed by atoms with E-state index in [-0.39, 0.29) is 16.9 Å². The number of hydrogen-bond donors (Lipinski definition) is 1. The van der Waals surface area contributed by atoms with Gasteiger partial charge in [-0.25, -0.2) is 4.98 Å². The predicted octanol–water partition coefficient (Wildman–Crippen LogP) is 5.27. The van der Waals surface area contributed by atoms with E-state index in [9.17, 15) is 18.0 Å². The fourth-order valence-corrected chi connectivity index (χ4v) is 4.12. The second-order valence-electron chi connectivity index (χ2n) is 7.98. The van der Waals surface area contributed by atoms with Crippen molar-refractivity contribution in [2.45, 2.75) is 25.7 Å². The Morgan fingerprint density at radius 3 is 2.55 bits per heavy atom. The molecule has 0 amide bonds. The van der Waals surface area contributed by atoms with Crippen molar-refractivity contribution in [3.8, 4) is 22.7 Å². The van der Waals surface area contributed by atoms with Crippen LogP contribution >= 0.6 is 0 Å². The third-order valence-electron chi connectivity index (χ3n) is 5.73. The van der Waals surface area contributed by atoms with Gasteiger partial charge < -0.3 is 9.40 Å². The number of halogens is 3. The highest BCUT2D eigenvalue weighted by molar-refractivity contribution is 5.63. The molecule has 0 saturated carbocycles. The molecule has 0 spiro atoms. The van der Waals surface area contributed by atoms with Crippen molar-refractivity contribution >= 4 is 0 Å². The molecule has 2 aromatic carbocycles. The molecule has 168 valence electrons. The lowest BCUT2D eigenvalue weighted by atomic mass is 10.1. The monoisotopic (exact) mass is 451 g/mol. The van der Waals surface area contributed by atoms with Crippen molar-refractivity contribution < 1.29 is 17.6 Å². The molecule has 0 radical (unpaired) electrons. The molecule has 1 aliphatic rings. The molecule has 33 heavy (non-hydrogen) atoms. The summed E-state index contributed by atoms with van der Waals surface area (Å²) in [5, 5.41) is 0. The molecule has 0 bridgehead atoms. The largest absolute Gasteiger partial charge is 0.460 e. The van der Waals surface area contributed by atoms with Crippen molar-refractivity contribution in [2.24, 2.45) is 0 Å². The molecule has 0 unspecified atom stereocenters. The normalized spacial score (nSPS) is 14.3. The molecule has 5 nitrogen and oxygen atoms in total. The third-order valence-corrected chi connectivity index (χ3v) is 5.73. The number of hydrogen-bond acceptors (Lipinski definition) is 4. The van der Waals surface area contributed by atoms with Gasteiger partial charge >= 0.3 is 6.18 Å². The lowest BCUT2D eigenvalue weighted by Gasteiger charge is -2.26. The summed E-state index contributed by atoms with van der Waals surface area (Å²) in [6.07, 6.45) is -3.86. The van der Waals surface area contributed by atoms with E-state index in [1.54, 1.807) is 18.2 Å². The van der Waals surface area contributed by atoms with Gasteiger partial charge in [0.1, 0.15) is 17.3 Å². The molecule has 0 fully saturated rings. The van der Waals surface area contributed by atoms with E-state index in [4.69, 9.17) is 4.42 Å². The van der Waals surface area contributed by atoms with Crippen LogP contribution in [0.3, 0.4) is 0 Å². The van der Waals surface area contributed by atoms with Gasteiger partial charge in [0.2, 0.25) is 0 Å². The van der Waals surface area contributed by atoms with Crippen LogP contribution in [-0.4, -0.2) is 21.4 Å². The predicted molar refractivity (Wildman–Crippen MR) is 117 cm³/mol. The number of aromatic nitrogens is 2. The molecule has 1 N–H and O–H groups in total. The van der Waals surface area contributed by atoms with Crippen LogP contribution in [0.2, 0.25) is 0 Å². The highest BCUT2D eigenvalue weighted by atomic mass is 19.4. The molecule has 2 aromatic heterocycles. The summed E-state index contributed by atoms with van der Waals surface area (Å²) in [7, 11) is 0. The van der Waals surface area contributed by atoms with Crippen LogP contribution in [0, 0.1) is 0 Å². The minimum Gasteiger partial charge on any atom is -0.460 e. The molecule has 4 aromatic rings. The Morgan fingerprint density at radius 1 is 1.00 bits per heavy atom. The number of H-pyrrole nitrogens is 1. The highest BCUT2D eigenvalue weighted by Crippen LogP contribution is 2.37. The van der Waals surface area contributed by atoms with Crippen LogP contribution in [0.5, 0.6) is 0 Å². The second kappa shape index (κ2) is 8.37. The number of nitrogens with zero attached hydrogens (tertiary/aromatic N) is 2. The minimum absolute atomic E-state index is 0.00863. The van der Waals surface area contributed by atoms with Crippen molar-refractivity contribution in [2.75, 3.05) is 6.54 Å². The smallest absolute Gasteiger partial charge is 0.417 e. The Morgan fingerprint density at radius 2 is 1.76 bits per heavy atom. The van der Waals surface area contributed by atoms with Gasteiger partial charge in [0, 0.05) is 30.6 Å².